The van der Waals surface area contributed by atoms with Gasteiger partial charge >= 0.3 is 0 Å². The molecule has 0 aliphatic heterocycles. The highest BCUT2D eigenvalue weighted by atomic mass is 16.6. The van der Waals surface area contributed by atoms with Crippen molar-refractivity contribution in [1.29, 1.82) is 0 Å². The van der Waals surface area contributed by atoms with Crippen molar-refractivity contribution in [1.82, 2.24) is 14.7 Å². The number of hydrogen-bond acceptors (Lipinski definition) is 3. The molecule has 0 aliphatic carbocycles. The van der Waals surface area contributed by atoms with E-state index in [0.717, 1.165) is 33.1 Å². The van der Waals surface area contributed by atoms with Crippen LogP contribution in [0, 0.1) is 0 Å². The van der Waals surface area contributed by atoms with Crippen LogP contribution < -0.4 is 4.84 Å². The molecule has 4 rings (SSSR count). The van der Waals surface area contributed by atoms with Crippen molar-refractivity contribution in [2.24, 2.45) is 0 Å². The summed E-state index contributed by atoms with van der Waals surface area (Å²) in [6, 6.07) is 15.9. The third kappa shape index (κ3) is 1.34. The van der Waals surface area contributed by atoms with E-state index in [2.05, 4.69) is 4.98 Å². The van der Waals surface area contributed by atoms with Gasteiger partial charge in [0.25, 0.3) is 0 Å². The van der Waals surface area contributed by atoms with E-state index in [1.807, 2.05) is 48.5 Å². The summed E-state index contributed by atoms with van der Waals surface area (Å²) in [7, 11) is 1.64. The predicted molar refractivity (Wildman–Crippen MR) is 75.0 cm³/mol. The largest absolute Gasteiger partial charge is 0.415 e. The zero-order valence-electron chi connectivity index (χ0n) is 10.4. The SMILES string of the molecule is COn1c2ccccc2c2nc3ccccc3nc21. The van der Waals surface area contributed by atoms with Crippen molar-refractivity contribution < 1.29 is 4.84 Å². The molecule has 19 heavy (non-hydrogen) atoms. The first-order valence-electron chi connectivity index (χ1n) is 6.09. The molecule has 0 unspecified atom stereocenters. The van der Waals surface area contributed by atoms with Crippen LogP contribution in [0.3, 0.4) is 0 Å². The second-order valence-electron chi connectivity index (χ2n) is 4.38. The number of rotatable bonds is 1. The van der Waals surface area contributed by atoms with Gasteiger partial charge in [-0.2, -0.15) is 4.73 Å². The molecule has 0 aliphatic rings. The van der Waals surface area contributed by atoms with Crippen molar-refractivity contribution in [3.63, 3.8) is 0 Å². The normalized spacial score (nSPS) is 11.4. The minimum atomic E-state index is 0.752. The van der Waals surface area contributed by atoms with E-state index in [-0.39, 0.29) is 0 Å². The summed E-state index contributed by atoms with van der Waals surface area (Å²) in [4.78, 5) is 14.8. The van der Waals surface area contributed by atoms with Crippen molar-refractivity contribution in [3.05, 3.63) is 48.5 Å². The molecule has 4 heteroatoms. The van der Waals surface area contributed by atoms with Crippen LogP contribution in [0.15, 0.2) is 48.5 Å². The zero-order chi connectivity index (χ0) is 12.8. The Morgan fingerprint density at radius 3 is 2.37 bits per heavy atom. The van der Waals surface area contributed by atoms with Crippen LogP contribution in [-0.4, -0.2) is 21.8 Å². The van der Waals surface area contributed by atoms with E-state index >= 15 is 0 Å². The van der Waals surface area contributed by atoms with Gasteiger partial charge in [0.15, 0.2) is 5.65 Å². The molecule has 92 valence electrons. The van der Waals surface area contributed by atoms with E-state index in [0.29, 0.717) is 0 Å². The zero-order valence-corrected chi connectivity index (χ0v) is 10.4. The van der Waals surface area contributed by atoms with Crippen molar-refractivity contribution in [2.75, 3.05) is 7.11 Å². The molecule has 4 aromatic rings. The van der Waals surface area contributed by atoms with Crippen LogP contribution in [-0.2, 0) is 0 Å². The second kappa shape index (κ2) is 3.68. The predicted octanol–water partition coefficient (Wildman–Crippen LogP) is 2.80. The van der Waals surface area contributed by atoms with Crippen LogP contribution in [0.2, 0.25) is 0 Å². The molecule has 0 radical (unpaired) electrons. The molecule has 0 amide bonds. The van der Waals surface area contributed by atoms with Gasteiger partial charge in [0.1, 0.15) is 12.6 Å². The van der Waals surface area contributed by atoms with E-state index in [1.165, 1.54) is 0 Å². The van der Waals surface area contributed by atoms with Crippen molar-refractivity contribution >= 4 is 33.1 Å². The monoisotopic (exact) mass is 249 g/mol. The van der Waals surface area contributed by atoms with Gasteiger partial charge < -0.3 is 4.84 Å². The molecule has 0 spiro atoms. The molecular formula is C15H11N3O. The van der Waals surface area contributed by atoms with Gasteiger partial charge in [-0.05, 0) is 18.2 Å². The fraction of sp³-hybridized carbons (Fsp3) is 0.0667. The lowest BCUT2D eigenvalue weighted by molar-refractivity contribution is 0.189. The highest BCUT2D eigenvalue weighted by Crippen LogP contribution is 2.26. The van der Waals surface area contributed by atoms with Crippen LogP contribution in [0.5, 0.6) is 0 Å². The first-order valence-corrected chi connectivity index (χ1v) is 6.09. The molecule has 0 bridgehead atoms. The number of fused-ring (bicyclic) bond motifs is 4. The maximum atomic E-state index is 5.44. The lowest BCUT2D eigenvalue weighted by Crippen LogP contribution is -2.05. The summed E-state index contributed by atoms with van der Waals surface area (Å²) in [6.45, 7) is 0. The average Bonchev–Trinajstić information content (AvgIpc) is 2.78. The van der Waals surface area contributed by atoms with Crippen LogP contribution in [0.25, 0.3) is 33.1 Å². The summed E-state index contributed by atoms with van der Waals surface area (Å²) >= 11 is 0. The van der Waals surface area contributed by atoms with Gasteiger partial charge in [0.2, 0.25) is 0 Å². The molecule has 0 fully saturated rings. The highest BCUT2D eigenvalue weighted by Gasteiger charge is 2.13. The fourth-order valence-electron chi connectivity index (χ4n) is 2.46. The Labute approximate surface area is 109 Å². The topological polar surface area (TPSA) is 39.9 Å². The quantitative estimate of drug-likeness (QED) is 0.520. The average molecular weight is 249 g/mol. The Morgan fingerprint density at radius 1 is 0.895 bits per heavy atom. The van der Waals surface area contributed by atoms with E-state index in [9.17, 15) is 0 Å². The number of nitrogens with zero attached hydrogens (tertiary/aromatic N) is 3. The molecule has 2 aromatic heterocycles. The van der Waals surface area contributed by atoms with Crippen LogP contribution >= 0.6 is 0 Å². The lowest BCUT2D eigenvalue weighted by atomic mass is 10.2. The third-order valence-electron chi connectivity index (χ3n) is 3.31. The summed E-state index contributed by atoms with van der Waals surface area (Å²) in [5.74, 6) is 0. The van der Waals surface area contributed by atoms with Crippen LogP contribution in [0.4, 0.5) is 0 Å². The molecule has 4 nitrogen and oxygen atoms in total. The Hall–Kier alpha value is -2.62. The van der Waals surface area contributed by atoms with Crippen molar-refractivity contribution in [2.45, 2.75) is 0 Å². The summed E-state index contributed by atoms with van der Waals surface area (Å²) in [5, 5.41) is 1.05. The van der Waals surface area contributed by atoms with Gasteiger partial charge in [-0.3, -0.25) is 0 Å². The lowest BCUT2D eigenvalue weighted by Gasteiger charge is -2.03. The molecule has 0 atom stereocenters. The van der Waals surface area contributed by atoms with Gasteiger partial charge in [-0.15, -0.1) is 0 Å². The molecular weight excluding hydrogens is 238 g/mol. The van der Waals surface area contributed by atoms with Gasteiger partial charge in [0.05, 0.1) is 16.6 Å². The minimum Gasteiger partial charge on any atom is -0.415 e. The van der Waals surface area contributed by atoms with E-state index in [1.54, 1.807) is 11.8 Å². The first kappa shape index (κ1) is 10.3. The number of hydrogen-bond donors (Lipinski definition) is 0. The minimum absolute atomic E-state index is 0.752. The number of benzene rings is 2. The molecule has 2 heterocycles. The molecule has 0 saturated heterocycles. The van der Waals surface area contributed by atoms with E-state index < -0.39 is 0 Å². The summed E-state index contributed by atoms with van der Waals surface area (Å²) in [5.41, 5.74) is 4.37. The molecule has 0 saturated carbocycles. The highest BCUT2D eigenvalue weighted by molar-refractivity contribution is 6.06. The van der Waals surface area contributed by atoms with Gasteiger partial charge in [-0.25, -0.2) is 9.97 Å². The third-order valence-corrected chi connectivity index (χ3v) is 3.31. The van der Waals surface area contributed by atoms with E-state index in [4.69, 9.17) is 9.82 Å². The fourth-order valence-corrected chi connectivity index (χ4v) is 2.46. The maximum absolute atomic E-state index is 5.44. The number of para-hydroxylation sites is 3. The smallest absolute Gasteiger partial charge is 0.196 e. The number of aromatic nitrogens is 3. The summed E-state index contributed by atoms with van der Waals surface area (Å²) < 4.78 is 1.73. The Balaban J connectivity index is 2.29. The van der Waals surface area contributed by atoms with Gasteiger partial charge in [0, 0.05) is 5.39 Å². The van der Waals surface area contributed by atoms with Gasteiger partial charge in [-0.1, -0.05) is 30.3 Å². The maximum Gasteiger partial charge on any atom is 0.196 e. The van der Waals surface area contributed by atoms with Crippen molar-refractivity contribution in [3.8, 4) is 0 Å². The first-order chi connectivity index (χ1) is 9.38. The molecule has 2 aromatic carbocycles. The standard InChI is InChI=1S/C15H11N3O/c1-19-18-13-9-5-2-6-10(13)14-15(18)17-12-8-4-3-7-11(12)16-14/h2-9H,1H3. The Bertz CT molecular complexity index is 911. The Kier molecular flexibility index (Phi) is 2.00. The molecule has 0 N–H and O–H groups in total. The Morgan fingerprint density at radius 2 is 1.58 bits per heavy atom. The van der Waals surface area contributed by atoms with Crippen LogP contribution in [0.1, 0.15) is 0 Å². The second-order valence-corrected chi connectivity index (χ2v) is 4.38. The summed E-state index contributed by atoms with van der Waals surface area (Å²) in [6.07, 6.45) is 0.